The molecule has 2 unspecified atom stereocenters. The van der Waals surface area contributed by atoms with Crippen molar-refractivity contribution in [1.29, 1.82) is 0 Å². The summed E-state index contributed by atoms with van der Waals surface area (Å²) < 4.78 is 25.2. The molecule has 2 heterocycles. The summed E-state index contributed by atoms with van der Waals surface area (Å²) in [6.45, 7) is 3.54. The van der Waals surface area contributed by atoms with Gasteiger partial charge < -0.3 is 10.6 Å². The van der Waals surface area contributed by atoms with Gasteiger partial charge in [0, 0.05) is 24.2 Å². The van der Waals surface area contributed by atoms with Gasteiger partial charge in [-0.05, 0) is 62.9 Å². The Morgan fingerprint density at radius 1 is 1.38 bits per heavy atom. The van der Waals surface area contributed by atoms with Crippen molar-refractivity contribution in [2.45, 2.75) is 44.7 Å². The SMILES string of the molecule is CC1CC(NC(=O)c2ccc3c(c2)CCCN3S(C)(=O)=O)CCN1. The lowest BCUT2D eigenvalue weighted by molar-refractivity contribution is 0.0925. The van der Waals surface area contributed by atoms with Crippen molar-refractivity contribution in [1.82, 2.24) is 10.6 Å². The molecule has 2 aliphatic rings. The Morgan fingerprint density at radius 2 is 2.17 bits per heavy atom. The van der Waals surface area contributed by atoms with Crippen LogP contribution in [0.25, 0.3) is 0 Å². The molecule has 1 saturated heterocycles. The van der Waals surface area contributed by atoms with Crippen molar-refractivity contribution < 1.29 is 13.2 Å². The molecule has 1 amide bonds. The number of benzene rings is 1. The number of carbonyl (C=O) groups is 1. The number of nitrogens with one attached hydrogen (secondary N) is 2. The average molecular weight is 351 g/mol. The maximum absolute atomic E-state index is 12.5. The molecule has 1 fully saturated rings. The monoisotopic (exact) mass is 351 g/mol. The van der Waals surface area contributed by atoms with Crippen LogP contribution in [-0.4, -0.2) is 45.8 Å². The average Bonchev–Trinajstić information content (AvgIpc) is 2.53. The molecule has 132 valence electrons. The topological polar surface area (TPSA) is 78.5 Å². The van der Waals surface area contributed by atoms with Gasteiger partial charge in [0.05, 0.1) is 11.9 Å². The van der Waals surface area contributed by atoms with Crippen LogP contribution in [0.3, 0.4) is 0 Å². The molecule has 2 atom stereocenters. The molecule has 1 aromatic rings. The molecule has 6 nitrogen and oxygen atoms in total. The lowest BCUT2D eigenvalue weighted by Crippen LogP contribution is -2.46. The molecule has 0 radical (unpaired) electrons. The van der Waals surface area contributed by atoms with E-state index in [0.29, 0.717) is 23.8 Å². The maximum Gasteiger partial charge on any atom is 0.251 e. The molecule has 2 N–H and O–H groups in total. The summed E-state index contributed by atoms with van der Waals surface area (Å²) in [6, 6.07) is 5.93. The molecular weight excluding hydrogens is 326 g/mol. The van der Waals surface area contributed by atoms with Crippen molar-refractivity contribution in [3.8, 4) is 0 Å². The number of hydrogen-bond acceptors (Lipinski definition) is 4. The van der Waals surface area contributed by atoms with Crippen LogP contribution in [0.15, 0.2) is 18.2 Å². The Kier molecular flexibility index (Phi) is 4.83. The van der Waals surface area contributed by atoms with Gasteiger partial charge in [-0.2, -0.15) is 0 Å². The number of hydrogen-bond donors (Lipinski definition) is 2. The lowest BCUT2D eigenvalue weighted by Gasteiger charge is -2.30. The van der Waals surface area contributed by atoms with Crippen molar-refractivity contribution >= 4 is 21.6 Å². The minimum atomic E-state index is -3.28. The second kappa shape index (κ2) is 6.72. The van der Waals surface area contributed by atoms with Gasteiger partial charge in [0.2, 0.25) is 10.0 Å². The van der Waals surface area contributed by atoms with E-state index in [2.05, 4.69) is 17.6 Å². The molecule has 0 spiro atoms. The standard InChI is InChI=1S/C17H25N3O3S/c1-12-10-15(7-8-18-12)19-17(21)14-5-6-16-13(11-14)4-3-9-20(16)24(2,22)23/h5-6,11-12,15,18H,3-4,7-10H2,1-2H3,(H,19,21). The Bertz CT molecular complexity index is 733. The van der Waals surface area contributed by atoms with E-state index >= 15 is 0 Å². The number of nitrogens with zero attached hydrogens (tertiary/aromatic N) is 1. The second-order valence-electron chi connectivity index (χ2n) is 6.83. The van der Waals surface area contributed by atoms with Gasteiger partial charge in [-0.1, -0.05) is 0 Å². The van der Waals surface area contributed by atoms with E-state index in [4.69, 9.17) is 0 Å². The highest BCUT2D eigenvalue weighted by molar-refractivity contribution is 7.92. The zero-order valence-corrected chi connectivity index (χ0v) is 15.0. The predicted octanol–water partition coefficient (Wildman–Crippen LogP) is 1.27. The van der Waals surface area contributed by atoms with Crippen molar-refractivity contribution in [3.05, 3.63) is 29.3 Å². The lowest BCUT2D eigenvalue weighted by atomic mass is 9.98. The molecule has 3 rings (SSSR count). The highest BCUT2D eigenvalue weighted by Crippen LogP contribution is 2.30. The molecule has 7 heteroatoms. The normalized spacial score (nSPS) is 24.3. The number of aryl methyl sites for hydroxylation is 1. The fourth-order valence-electron chi connectivity index (χ4n) is 3.58. The fraction of sp³-hybridized carbons (Fsp3) is 0.588. The maximum atomic E-state index is 12.5. The van der Waals surface area contributed by atoms with Gasteiger partial charge >= 0.3 is 0 Å². The second-order valence-corrected chi connectivity index (χ2v) is 8.74. The van der Waals surface area contributed by atoms with Gasteiger partial charge in [-0.3, -0.25) is 9.10 Å². The summed E-state index contributed by atoms with van der Waals surface area (Å²) in [5.74, 6) is -0.0756. The first-order valence-electron chi connectivity index (χ1n) is 8.49. The molecule has 24 heavy (non-hydrogen) atoms. The minimum Gasteiger partial charge on any atom is -0.349 e. The predicted molar refractivity (Wildman–Crippen MR) is 94.9 cm³/mol. The third-order valence-corrected chi connectivity index (χ3v) is 5.96. The van der Waals surface area contributed by atoms with Gasteiger partial charge in [0.15, 0.2) is 0 Å². The minimum absolute atomic E-state index is 0.0756. The van der Waals surface area contributed by atoms with Crippen LogP contribution < -0.4 is 14.9 Å². The van der Waals surface area contributed by atoms with Crippen molar-refractivity contribution in [2.75, 3.05) is 23.7 Å². The molecule has 0 saturated carbocycles. The highest BCUT2D eigenvalue weighted by atomic mass is 32.2. The summed E-state index contributed by atoms with van der Waals surface area (Å²) in [5.41, 5.74) is 2.24. The van der Waals surface area contributed by atoms with Crippen LogP contribution in [0.5, 0.6) is 0 Å². The fourth-order valence-corrected chi connectivity index (χ4v) is 4.58. The van der Waals surface area contributed by atoms with E-state index in [-0.39, 0.29) is 11.9 Å². The summed E-state index contributed by atoms with van der Waals surface area (Å²) >= 11 is 0. The van der Waals surface area contributed by atoms with E-state index in [1.54, 1.807) is 12.1 Å². The zero-order chi connectivity index (χ0) is 17.3. The van der Waals surface area contributed by atoms with Crippen LogP contribution in [0.1, 0.15) is 42.1 Å². The van der Waals surface area contributed by atoms with Crippen LogP contribution in [0.4, 0.5) is 5.69 Å². The van der Waals surface area contributed by atoms with Gasteiger partial charge in [0.25, 0.3) is 5.91 Å². The molecule has 0 aliphatic carbocycles. The molecule has 0 bridgehead atoms. The summed E-state index contributed by atoms with van der Waals surface area (Å²) in [7, 11) is -3.28. The first kappa shape index (κ1) is 17.2. The Labute approximate surface area is 143 Å². The van der Waals surface area contributed by atoms with E-state index < -0.39 is 10.0 Å². The van der Waals surface area contributed by atoms with Crippen LogP contribution in [0, 0.1) is 0 Å². The van der Waals surface area contributed by atoms with Gasteiger partial charge in [0.1, 0.15) is 0 Å². The van der Waals surface area contributed by atoms with Crippen molar-refractivity contribution in [3.63, 3.8) is 0 Å². The first-order chi connectivity index (χ1) is 11.3. The quantitative estimate of drug-likeness (QED) is 0.860. The van der Waals surface area contributed by atoms with Crippen LogP contribution >= 0.6 is 0 Å². The Morgan fingerprint density at radius 3 is 2.88 bits per heavy atom. The first-order valence-corrected chi connectivity index (χ1v) is 10.3. The summed E-state index contributed by atoms with van der Waals surface area (Å²) in [4.78, 5) is 12.5. The highest BCUT2D eigenvalue weighted by Gasteiger charge is 2.25. The van der Waals surface area contributed by atoms with Crippen molar-refractivity contribution in [2.24, 2.45) is 0 Å². The zero-order valence-electron chi connectivity index (χ0n) is 14.2. The number of anilines is 1. The van der Waals surface area contributed by atoms with E-state index in [1.807, 2.05) is 6.07 Å². The number of rotatable bonds is 3. The smallest absolute Gasteiger partial charge is 0.251 e. The molecule has 2 aliphatic heterocycles. The third kappa shape index (κ3) is 3.72. The van der Waals surface area contributed by atoms with E-state index in [1.165, 1.54) is 10.6 Å². The molecule has 0 aromatic heterocycles. The largest absolute Gasteiger partial charge is 0.349 e. The van der Waals surface area contributed by atoms with E-state index in [9.17, 15) is 13.2 Å². The van der Waals surface area contributed by atoms with Crippen LogP contribution in [0.2, 0.25) is 0 Å². The number of amides is 1. The van der Waals surface area contributed by atoms with E-state index in [0.717, 1.165) is 37.8 Å². The van der Waals surface area contributed by atoms with Gasteiger partial charge in [-0.15, -0.1) is 0 Å². The summed E-state index contributed by atoms with van der Waals surface area (Å²) in [6.07, 6.45) is 4.66. The van der Waals surface area contributed by atoms with Gasteiger partial charge in [-0.25, -0.2) is 8.42 Å². The Balaban J connectivity index is 1.77. The Hall–Kier alpha value is -1.60. The molecule has 1 aromatic carbocycles. The number of carbonyl (C=O) groups excluding carboxylic acids is 1. The molecular formula is C17H25N3O3S. The summed E-state index contributed by atoms with van der Waals surface area (Å²) in [5, 5.41) is 6.47. The van der Waals surface area contributed by atoms with Crippen LogP contribution in [-0.2, 0) is 16.4 Å². The third-order valence-electron chi connectivity index (χ3n) is 4.78. The number of sulfonamides is 1. The number of piperidine rings is 1. The number of fused-ring (bicyclic) bond motifs is 1.